The highest BCUT2D eigenvalue weighted by Crippen LogP contribution is 2.16. The van der Waals surface area contributed by atoms with Crippen LogP contribution in [-0.2, 0) is 14.9 Å². The largest absolute Gasteiger partial charge is 0.446 e. The summed E-state index contributed by atoms with van der Waals surface area (Å²) in [6, 6.07) is 2.87. The summed E-state index contributed by atoms with van der Waals surface area (Å²) in [7, 11) is -4.07. The van der Waals surface area contributed by atoms with Gasteiger partial charge in [-0.1, -0.05) is 11.6 Å². The number of pyridine rings is 1. The Morgan fingerprint density at radius 2 is 2.05 bits per heavy atom. The molecule has 0 saturated heterocycles. The molecule has 1 aromatic heterocycles. The van der Waals surface area contributed by atoms with Gasteiger partial charge >= 0.3 is 16.3 Å². The van der Waals surface area contributed by atoms with Gasteiger partial charge in [0.05, 0.1) is 17.5 Å². The van der Waals surface area contributed by atoms with Gasteiger partial charge in [0.15, 0.2) is 0 Å². The summed E-state index contributed by atoms with van der Waals surface area (Å²) in [5, 5.41) is 0.243. The molecule has 0 aliphatic rings. The molecule has 0 fully saturated rings. The Kier molecular flexibility index (Phi) is 4.96. The fourth-order valence-corrected chi connectivity index (χ4v) is 2.17. The van der Waals surface area contributed by atoms with E-state index in [0.29, 0.717) is 5.69 Å². The van der Waals surface area contributed by atoms with E-state index in [1.165, 1.54) is 12.1 Å². The molecule has 1 rings (SSSR count). The lowest BCUT2D eigenvalue weighted by atomic mass is 10.3. The Morgan fingerprint density at radius 3 is 2.58 bits per heavy atom. The predicted molar refractivity (Wildman–Crippen MR) is 71.3 cm³/mol. The molecule has 19 heavy (non-hydrogen) atoms. The Balaban J connectivity index is 2.77. The van der Waals surface area contributed by atoms with E-state index in [-0.39, 0.29) is 10.8 Å². The molecule has 0 bridgehead atoms. The lowest BCUT2D eigenvalue weighted by Crippen LogP contribution is -2.37. The summed E-state index contributed by atoms with van der Waals surface area (Å²) in [6.07, 6.45) is -1.48. The third kappa shape index (κ3) is 5.31. The summed E-state index contributed by atoms with van der Waals surface area (Å²) in [5.74, 6) is 0. The van der Waals surface area contributed by atoms with Gasteiger partial charge in [-0.3, -0.25) is 4.72 Å². The molecule has 0 atom stereocenters. The van der Waals surface area contributed by atoms with Crippen molar-refractivity contribution in [1.29, 1.82) is 0 Å². The first kappa shape index (κ1) is 15.5. The molecule has 0 spiro atoms. The minimum atomic E-state index is -4.07. The first-order valence-electron chi connectivity index (χ1n) is 5.34. The third-order valence-corrected chi connectivity index (χ3v) is 2.99. The first-order chi connectivity index (χ1) is 8.69. The van der Waals surface area contributed by atoms with Crippen LogP contribution in [0.25, 0.3) is 0 Å². The molecule has 106 valence electrons. The number of carbonyl (C=O) groups is 1. The smallest absolute Gasteiger partial charge is 0.422 e. The number of hydrogen-bond donors (Lipinski definition) is 2. The lowest BCUT2D eigenvalue weighted by Gasteiger charge is -2.12. The topological polar surface area (TPSA) is 97.4 Å². The summed E-state index contributed by atoms with van der Waals surface area (Å²) in [5.41, 5.74) is 0.601. The molecule has 0 saturated carbocycles. The van der Waals surface area contributed by atoms with Crippen molar-refractivity contribution in [3.05, 3.63) is 23.0 Å². The Labute approximate surface area is 116 Å². The highest BCUT2D eigenvalue weighted by Gasteiger charge is 2.17. The molecule has 1 amide bonds. The molecule has 0 radical (unpaired) electrons. The van der Waals surface area contributed by atoms with E-state index in [9.17, 15) is 13.2 Å². The van der Waals surface area contributed by atoms with Gasteiger partial charge in [0.1, 0.15) is 5.15 Å². The van der Waals surface area contributed by atoms with Gasteiger partial charge in [0.25, 0.3) is 0 Å². The van der Waals surface area contributed by atoms with Crippen LogP contribution in [0.4, 0.5) is 10.5 Å². The van der Waals surface area contributed by atoms with Gasteiger partial charge < -0.3 is 4.74 Å². The van der Waals surface area contributed by atoms with E-state index >= 15 is 0 Å². The maximum atomic E-state index is 11.6. The highest BCUT2D eigenvalue weighted by molar-refractivity contribution is 7.91. The van der Waals surface area contributed by atoms with E-state index in [1.54, 1.807) is 25.5 Å². The van der Waals surface area contributed by atoms with Crippen LogP contribution in [0.15, 0.2) is 12.1 Å². The maximum absolute atomic E-state index is 11.6. The first-order valence-corrected chi connectivity index (χ1v) is 7.20. The molecule has 1 heterocycles. The molecule has 1 aromatic rings. The van der Waals surface area contributed by atoms with Gasteiger partial charge in [-0.25, -0.2) is 14.5 Å². The van der Waals surface area contributed by atoms with Gasteiger partial charge in [0, 0.05) is 0 Å². The molecule has 2 N–H and O–H groups in total. The SMILES string of the molecule is Cc1nc(Cl)ccc1NS(=O)(=O)NC(=O)OC(C)C. The third-order valence-electron chi connectivity index (χ3n) is 1.86. The predicted octanol–water partition coefficient (Wildman–Crippen LogP) is 1.83. The molecule has 0 aliphatic carbocycles. The number of halogens is 1. The van der Waals surface area contributed by atoms with E-state index in [2.05, 4.69) is 14.4 Å². The van der Waals surface area contributed by atoms with Crippen LogP contribution in [0.5, 0.6) is 0 Å². The number of rotatable bonds is 4. The maximum Gasteiger partial charge on any atom is 0.422 e. The molecule has 0 unspecified atom stereocenters. The zero-order valence-electron chi connectivity index (χ0n) is 10.6. The van der Waals surface area contributed by atoms with Crippen molar-refractivity contribution >= 4 is 33.6 Å². The quantitative estimate of drug-likeness (QED) is 0.827. The molecule has 0 aliphatic heterocycles. The number of anilines is 1. The van der Waals surface area contributed by atoms with Crippen molar-refractivity contribution in [2.75, 3.05) is 4.72 Å². The monoisotopic (exact) mass is 307 g/mol. The second-order valence-corrected chi connectivity index (χ2v) is 5.73. The second kappa shape index (κ2) is 6.07. The number of nitrogens with zero attached hydrogens (tertiary/aromatic N) is 1. The van der Waals surface area contributed by atoms with Crippen molar-refractivity contribution in [2.45, 2.75) is 26.9 Å². The fourth-order valence-electron chi connectivity index (χ4n) is 1.16. The zero-order valence-corrected chi connectivity index (χ0v) is 12.2. The lowest BCUT2D eigenvalue weighted by molar-refractivity contribution is 0.121. The molecular weight excluding hydrogens is 294 g/mol. The van der Waals surface area contributed by atoms with Gasteiger partial charge in [0.2, 0.25) is 0 Å². The van der Waals surface area contributed by atoms with Gasteiger partial charge in [-0.15, -0.1) is 0 Å². The number of amides is 1. The number of aryl methyl sites for hydroxylation is 1. The van der Waals surface area contributed by atoms with Crippen LogP contribution >= 0.6 is 11.6 Å². The van der Waals surface area contributed by atoms with E-state index < -0.39 is 22.4 Å². The van der Waals surface area contributed by atoms with Crippen LogP contribution in [0.1, 0.15) is 19.5 Å². The molecular formula is C10H14ClN3O4S. The van der Waals surface area contributed by atoms with Crippen molar-refractivity contribution in [1.82, 2.24) is 9.71 Å². The van der Waals surface area contributed by atoms with E-state index in [1.807, 2.05) is 0 Å². The average molecular weight is 308 g/mol. The number of nitrogens with one attached hydrogen (secondary N) is 2. The number of ether oxygens (including phenoxy) is 1. The fraction of sp³-hybridized carbons (Fsp3) is 0.400. The minimum Gasteiger partial charge on any atom is -0.446 e. The van der Waals surface area contributed by atoms with Crippen molar-refractivity contribution < 1.29 is 17.9 Å². The van der Waals surface area contributed by atoms with Crippen molar-refractivity contribution in [2.24, 2.45) is 0 Å². The summed E-state index contributed by atoms with van der Waals surface area (Å²) in [4.78, 5) is 15.1. The highest BCUT2D eigenvalue weighted by atomic mass is 35.5. The van der Waals surface area contributed by atoms with Crippen LogP contribution in [0.2, 0.25) is 5.15 Å². The normalized spacial score (nSPS) is 11.2. The summed E-state index contributed by atoms with van der Waals surface area (Å²) in [6.45, 7) is 4.79. The minimum absolute atomic E-state index is 0.217. The van der Waals surface area contributed by atoms with Crippen LogP contribution in [0.3, 0.4) is 0 Å². The van der Waals surface area contributed by atoms with Gasteiger partial charge in [-0.05, 0) is 32.9 Å². The van der Waals surface area contributed by atoms with Gasteiger partial charge in [-0.2, -0.15) is 8.42 Å². The Morgan fingerprint density at radius 1 is 1.42 bits per heavy atom. The number of carbonyl (C=O) groups excluding carboxylic acids is 1. The van der Waals surface area contributed by atoms with Crippen LogP contribution in [0, 0.1) is 6.92 Å². The van der Waals surface area contributed by atoms with E-state index in [0.717, 1.165) is 0 Å². The second-order valence-electron chi connectivity index (χ2n) is 3.93. The summed E-state index contributed by atoms with van der Waals surface area (Å²) < 4.78 is 31.8. The molecule has 0 aromatic carbocycles. The Bertz CT molecular complexity index is 574. The molecule has 9 heteroatoms. The Hall–Kier alpha value is -1.54. The van der Waals surface area contributed by atoms with Crippen LogP contribution < -0.4 is 9.44 Å². The zero-order chi connectivity index (χ0) is 14.6. The number of hydrogen-bond acceptors (Lipinski definition) is 5. The van der Waals surface area contributed by atoms with E-state index in [4.69, 9.17) is 11.6 Å². The molecule has 7 nitrogen and oxygen atoms in total. The average Bonchev–Trinajstić information content (AvgIpc) is 2.19. The summed E-state index contributed by atoms with van der Waals surface area (Å²) >= 11 is 5.65. The van der Waals surface area contributed by atoms with Crippen molar-refractivity contribution in [3.8, 4) is 0 Å². The van der Waals surface area contributed by atoms with Crippen molar-refractivity contribution in [3.63, 3.8) is 0 Å². The number of aromatic nitrogens is 1. The standard InChI is InChI=1S/C10H14ClN3O4S/c1-6(2)18-10(15)14-19(16,17)13-8-4-5-9(11)12-7(8)3/h4-6,13H,1-3H3,(H,14,15). The van der Waals surface area contributed by atoms with Crippen LogP contribution in [-0.4, -0.2) is 25.6 Å².